The Bertz CT molecular complexity index is 1820. The maximum Gasteiger partial charge on any atom is 0.312 e. The van der Waals surface area contributed by atoms with E-state index in [0.29, 0.717) is 37.7 Å². The van der Waals surface area contributed by atoms with Gasteiger partial charge in [0.15, 0.2) is 5.75 Å². The molecule has 230 valence electrons. The number of nitro groups is 1. The summed E-state index contributed by atoms with van der Waals surface area (Å²) in [4.78, 5) is 32.9. The monoisotopic (exact) mass is 625 g/mol. The molecule has 0 saturated carbocycles. The summed E-state index contributed by atoms with van der Waals surface area (Å²) >= 11 is 0. The minimum absolute atomic E-state index is 0.0682. The molecule has 1 amide bonds. The number of ether oxygens (including phenoxy) is 3. The predicted molar refractivity (Wildman–Crippen MR) is 155 cm³/mol. The van der Waals surface area contributed by atoms with Crippen molar-refractivity contribution in [2.24, 2.45) is 0 Å². The third-order valence-corrected chi connectivity index (χ3v) is 9.04. The lowest BCUT2D eigenvalue weighted by atomic mass is 9.93. The molecule has 2 fully saturated rings. The molecule has 0 aliphatic carbocycles. The zero-order chi connectivity index (χ0) is 30.9. The number of H-pyrrole nitrogens is 1. The van der Waals surface area contributed by atoms with Gasteiger partial charge in [0.2, 0.25) is 0 Å². The molecule has 2 aromatic carbocycles. The first-order chi connectivity index (χ1) is 21.1. The van der Waals surface area contributed by atoms with Crippen molar-refractivity contribution in [3.8, 4) is 17.2 Å². The summed E-state index contributed by atoms with van der Waals surface area (Å²) < 4.78 is 60.2. The van der Waals surface area contributed by atoms with Crippen LogP contribution in [0.4, 0.5) is 10.1 Å². The van der Waals surface area contributed by atoms with Crippen LogP contribution in [-0.2, 0) is 14.8 Å². The molecule has 2 aromatic heterocycles. The second kappa shape index (κ2) is 11.8. The molecule has 15 heteroatoms. The number of nitrogens with one attached hydrogen (secondary N) is 2. The number of piperidine rings is 1. The molecule has 4 heterocycles. The summed E-state index contributed by atoms with van der Waals surface area (Å²) in [5.74, 6) is -0.907. The Morgan fingerprint density at radius 2 is 1.93 bits per heavy atom. The van der Waals surface area contributed by atoms with E-state index in [1.165, 1.54) is 24.4 Å². The lowest BCUT2D eigenvalue weighted by Crippen LogP contribution is -2.55. The number of hydrogen-bond acceptors (Lipinski definition) is 10. The summed E-state index contributed by atoms with van der Waals surface area (Å²) in [5, 5.41) is 12.6. The Hall–Kier alpha value is -4.60. The van der Waals surface area contributed by atoms with E-state index in [-0.39, 0.29) is 35.9 Å². The number of carbonyl (C=O) groups excluding carboxylic acids is 1. The SMILES string of the molecule is O=C(NS(=O)(=O)c1ccc(OCC2(F)CCN(C3COC3)CC2)c([N+](=O)[O-])c1)c1ccccc1Oc1cnc2[nH]ccc2c1. The van der Waals surface area contributed by atoms with Gasteiger partial charge in [-0.15, -0.1) is 0 Å². The smallest absolute Gasteiger partial charge is 0.312 e. The van der Waals surface area contributed by atoms with E-state index in [2.05, 4.69) is 14.9 Å². The maximum absolute atomic E-state index is 15.4. The van der Waals surface area contributed by atoms with Crippen molar-refractivity contribution in [1.29, 1.82) is 0 Å². The Balaban J connectivity index is 1.14. The Morgan fingerprint density at radius 1 is 1.16 bits per heavy atom. The van der Waals surface area contributed by atoms with Crippen molar-refractivity contribution < 1.29 is 36.7 Å². The van der Waals surface area contributed by atoms with Crippen molar-refractivity contribution in [3.63, 3.8) is 0 Å². The van der Waals surface area contributed by atoms with Gasteiger partial charge in [-0.1, -0.05) is 12.1 Å². The molecule has 0 unspecified atom stereocenters. The average Bonchev–Trinajstić information content (AvgIpc) is 3.44. The molecular formula is C29H28FN5O8S. The van der Waals surface area contributed by atoms with Crippen LogP contribution in [0.5, 0.6) is 17.2 Å². The van der Waals surface area contributed by atoms with Gasteiger partial charge in [-0.25, -0.2) is 22.5 Å². The second-order valence-electron chi connectivity index (χ2n) is 10.7. The molecule has 2 N–H and O–H groups in total. The lowest BCUT2D eigenvalue weighted by molar-refractivity contribution is -0.386. The van der Waals surface area contributed by atoms with Gasteiger partial charge >= 0.3 is 5.69 Å². The summed E-state index contributed by atoms with van der Waals surface area (Å²) in [6, 6.07) is 12.7. The van der Waals surface area contributed by atoms with Crippen LogP contribution in [0.15, 0.2) is 71.9 Å². The first-order valence-corrected chi connectivity index (χ1v) is 15.3. The largest absolute Gasteiger partial charge is 0.483 e. The van der Waals surface area contributed by atoms with Gasteiger partial charge in [-0.3, -0.25) is 19.8 Å². The number of amides is 1. The first-order valence-electron chi connectivity index (χ1n) is 13.8. The molecular weight excluding hydrogens is 597 g/mol. The number of benzene rings is 2. The number of likely N-dealkylation sites (tertiary alicyclic amines) is 1. The van der Waals surface area contributed by atoms with E-state index in [1.54, 1.807) is 24.4 Å². The molecule has 6 rings (SSSR count). The minimum atomic E-state index is -4.57. The van der Waals surface area contributed by atoms with Crippen LogP contribution < -0.4 is 14.2 Å². The lowest BCUT2D eigenvalue weighted by Gasteiger charge is -2.43. The summed E-state index contributed by atoms with van der Waals surface area (Å²) in [6.45, 7) is 1.86. The van der Waals surface area contributed by atoms with E-state index in [0.717, 1.165) is 23.6 Å². The maximum atomic E-state index is 15.4. The number of hydrogen-bond donors (Lipinski definition) is 2. The molecule has 44 heavy (non-hydrogen) atoms. The van der Waals surface area contributed by atoms with Gasteiger partial charge in [0.25, 0.3) is 15.9 Å². The number of aromatic nitrogens is 2. The third-order valence-electron chi connectivity index (χ3n) is 7.72. The molecule has 0 radical (unpaired) electrons. The average molecular weight is 626 g/mol. The number of fused-ring (bicyclic) bond motifs is 1. The van der Waals surface area contributed by atoms with Crippen LogP contribution in [0.1, 0.15) is 23.2 Å². The van der Waals surface area contributed by atoms with Crippen LogP contribution in [0, 0.1) is 10.1 Å². The number of nitrogens with zero attached hydrogens (tertiary/aromatic N) is 3. The zero-order valence-electron chi connectivity index (χ0n) is 23.3. The zero-order valence-corrected chi connectivity index (χ0v) is 24.1. The number of halogens is 1. The molecule has 0 spiro atoms. The number of pyridine rings is 1. The van der Waals surface area contributed by atoms with Gasteiger partial charge in [-0.05, 0) is 49.2 Å². The molecule has 0 atom stereocenters. The van der Waals surface area contributed by atoms with Crippen LogP contribution in [0.2, 0.25) is 0 Å². The Morgan fingerprint density at radius 3 is 2.66 bits per heavy atom. The van der Waals surface area contributed by atoms with E-state index in [1.807, 2.05) is 4.72 Å². The number of para-hydroxylation sites is 1. The Labute approximate surface area is 251 Å². The Kier molecular flexibility index (Phi) is 7.92. The molecule has 4 aromatic rings. The number of alkyl halides is 1. The summed E-state index contributed by atoms with van der Waals surface area (Å²) in [5.41, 5.74) is -1.81. The fourth-order valence-electron chi connectivity index (χ4n) is 5.09. The molecule has 2 aliphatic rings. The fourth-order valence-corrected chi connectivity index (χ4v) is 6.07. The van der Waals surface area contributed by atoms with E-state index < -0.39 is 43.7 Å². The normalized spacial score (nSPS) is 17.1. The molecule has 0 bridgehead atoms. The third kappa shape index (κ3) is 6.20. The number of sulfonamides is 1. The van der Waals surface area contributed by atoms with Gasteiger partial charge in [-0.2, -0.15) is 0 Å². The highest BCUT2D eigenvalue weighted by atomic mass is 32.2. The van der Waals surface area contributed by atoms with Gasteiger partial charge in [0.05, 0.1) is 40.8 Å². The summed E-state index contributed by atoms with van der Waals surface area (Å²) in [6.07, 6.45) is 3.55. The van der Waals surface area contributed by atoms with E-state index >= 15 is 4.39 Å². The number of carbonyl (C=O) groups is 1. The van der Waals surface area contributed by atoms with Gasteiger partial charge < -0.3 is 19.2 Å². The van der Waals surface area contributed by atoms with Crippen molar-refractivity contribution in [2.45, 2.75) is 29.4 Å². The van der Waals surface area contributed by atoms with Crippen LogP contribution in [-0.4, -0.2) is 78.7 Å². The van der Waals surface area contributed by atoms with Crippen molar-refractivity contribution in [3.05, 3.63) is 82.7 Å². The van der Waals surface area contributed by atoms with Crippen molar-refractivity contribution in [1.82, 2.24) is 19.6 Å². The molecule has 2 aliphatic heterocycles. The van der Waals surface area contributed by atoms with E-state index in [4.69, 9.17) is 14.2 Å². The van der Waals surface area contributed by atoms with Gasteiger partial charge in [0, 0.05) is 30.7 Å². The highest BCUT2D eigenvalue weighted by Crippen LogP contribution is 2.34. The number of nitro benzene ring substituents is 1. The minimum Gasteiger partial charge on any atom is -0.483 e. The molecule has 13 nitrogen and oxygen atoms in total. The highest BCUT2D eigenvalue weighted by Gasteiger charge is 2.39. The van der Waals surface area contributed by atoms with Gasteiger partial charge in [0.1, 0.15) is 29.4 Å². The van der Waals surface area contributed by atoms with Crippen LogP contribution in [0.3, 0.4) is 0 Å². The predicted octanol–water partition coefficient (Wildman–Crippen LogP) is 3.96. The van der Waals surface area contributed by atoms with Crippen LogP contribution in [0.25, 0.3) is 11.0 Å². The molecule has 2 saturated heterocycles. The number of aromatic amines is 1. The first kappa shape index (κ1) is 29.5. The summed E-state index contributed by atoms with van der Waals surface area (Å²) in [7, 11) is -4.57. The fraction of sp³-hybridized carbons (Fsp3) is 0.310. The highest BCUT2D eigenvalue weighted by molar-refractivity contribution is 7.90. The van der Waals surface area contributed by atoms with Crippen molar-refractivity contribution >= 4 is 32.7 Å². The topological polar surface area (TPSA) is 166 Å². The number of rotatable bonds is 10. The van der Waals surface area contributed by atoms with Crippen molar-refractivity contribution in [2.75, 3.05) is 32.9 Å². The van der Waals surface area contributed by atoms with Crippen LogP contribution >= 0.6 is 0 Å². The van der Waals surface area contributed by atoms with E-state index in [9.17, 15) is 23.3 Å². The second-order valence-corrected chi connectivity index (χ2v) is 12.4. The quantitative estimate of drug-likeness (QED) is 0.195. The standard InChI is InChI=1S/C29H28FN5O8S/c30-29(8-11-34(12-9-29)20-16-41-17-20)18-42-26-6-5-22(14-24(26)35(37)38)44(39,40)33-28(36)23-3-1-2-4-25(23)43-21-13-19-7-10-31-27(19)32-15-21/h1-7,10,13-15,20H,8-9,11-12,16-18H2,(H,31,32)(H,33,36).